The molecule has 1 atom stereocenters. The fraction of sp³-hybridized carbons (Fsp3) is 0.611. The van der Waals surface area contributed by atoms with Crippen LogP contribution in [0.1, 0.15) is 24.0 Å². The molecule has 0 aliphatic carbocycles. The minimum absolute atomic E-state index is 0.0729. The fourth-order valence-corrected chi connectivity index (χ4v) is 3.55. The van der Waals surface area contributed by atoms with E-state index in [4.69, 9.17) is 0 Å². The number of nitrogens with zero attached hydrogens (tertiary/aromatic N) is 2. The molecule has 1 N–H and O–H groups in total. The zero-order valence-corrected chi connectivity index (χ0v) is 14.2. The Hall–Kier alpha value is -1.60. The van der Waals surface area contributed by atoms with Gasteiger partial charge in [-0.2, -0.15) is 13.2 Å². The van der Waals surface area contributed by atoms with Gasteiger partial charge in [-0.3, -0.25) is 9.69 Å². The van der Waals surface area contributed by atoms with Gasteiger partial charge in [-0.1, -0.05) is 18.2 Å². The first-order valence-corrected chi connectivity index (χ1v) is 8.81. The zero-order chi connectivity index (χ0) is 17.9. The van der Waals surface area contributed by atoms with Crippen molar-refractivity contribution < 1.29 is 18.0 Å². The van der Waals surface area contributed by atoms with E-state index in [0.29, 0.717) is 38.3 Å². The van der Waals surface area contributed by atoms with Crippen LogP contribution in [0, 0.1) is 5.92 Å². The lowest BCUT2D eigenvalue weighted by Crippen LogP contribution is -2.51. The molecule has 1 aromatic rings. The lowest BCUT2D eigenvalue weighted by atomic mass is 9.98. The summed E-state index contributed by atoms with van der Waals surface area (Å²) >= 11 is 0. The molecule has 2 aliphatic heterocycles. The summed E-state index contributed by atoms with van der Waals surface area (Å²) in [7, 11) is 0. The Morgan fingerprint density at radius 2 is 1.96 bits per heavy atom. The summed E-state index contributed by atoms with van der Waals surface area (Å²) in [5.41, 5.74) is 0.0506. The van der Waals surface area contributed by atoms with Crippen LogP contribution in [0.4, 0.5) is 13.2 Å². The summed E-state index contributed by atoms with van der Waals surface area (Å²) < 4.78 is 38.4. The van der Waals surface area contributed by atoms with Crippen molar-refractivity contribution >= 4 is 5.91 Å². The molecule has 25 heavy (non-hydrogen) atoms. The molecular weight excluding hydrogens is 331 g/mol. The average molecular weight is 355 g/mol. The maximum Gasteiger partial charge on any atom is 0.416 e. The number of hydrogen-bond donors (Lipinski definition) is 1. The Labute approximate surface area is 146 Å². The Kier molecular flexibility index (Phi) is 5.64. The Morgan fingerprint density at radius 1 is 1.20 bits per heavy atom. The number of rotatable bonds is 3. The molecule has 0 saturated carbocycles. The molecular formula is C18H24F3N3O. The SMILES string of the molecule is O=C(C1CCCNC1)N1CCN(Cc2cccc(C(F)(F)F)c2)CC1. The zero-order valence-electron chi connectivity index (χ0n) is 14.2. The van der Waals surface area contributed by atoms with E-state index in [-0.39, 0.29) is 11.8 Å². The summed E-state index contributed by atoms with van der Waals surface area (Å²) in [6.45, 7) is 4.90. The van der Waals surface area contributed by atoms with Gasteiger partial charge in [0.25, 0.3) is 0 Å². The summed E-state index contributed by atoms with van der Waals surface area (Å²) in [6.07, 6.45) is -2.34. The van der Waals surface area contributed by atoms with Gasteiger partial charge in [0.05, 0.1) is 11.5 Å². The number of amides is 1. The molecule has 3 rings (SSSR count). The van der Waals surface area contributed by atoms with Crippen LogP contribution in [0.3, 0.4) is 0 Å². The minimum atomic E-state index is -4.31. The third-order valence-electron chi connectivity index (χ3n) is 4.99. The van der Waals surface area contributed by atoms with Crippen LogP contribution in [0.25, 0.3) is 0 Å². The van der Waals surface area contributed by atoms with E-state index in [1.54, 1.807) is 6.07 Å². The van der Waals surface area contributed by atoms with Crippen LogP contribution in [-0.2, 0) is 17.5 Å². The highest BCUT2D eigenvalue weighted by atomic mass is 19.4. The molecule has 0 bridgehead atoms. The molecule has 1 unspecified atom stereocenters. The number of carbonyl (C=O) groups is 1. The van der Waals surface area contributed by atoms with E-state index in [2.05, 4.69) is 10.2 Å². The molecule has 138 valence electrons. The van der Waals surface area contributed by atoms with Crippen molar-refractivity contribution in [1.29, 1.82) is 0 Å². The summed E-state index contributed by atoms with van der Waals surface area (Å²) in [6, 6.07) is 5.48. The van der Waals surface area contributed by atoms with Gasteiger partial charge in [0.1, 0.15) is 0 Å². The van der Waals surface area contributed by atoms with Crippen molar-refractivity contribution in [3.63, 3.8) is 0 Å². The van der Waals surface area contributed by atoms with Crippen molar-refractivity contribution in [2.45, 2.75) is 25.6 Å². The monoisotopic (exact) mass is 355 g/mol. The van der Waals surface area contributed by atoms with Gasteiger partial charge in [-0.25, -0.2) is 0 Å². The number of halogens is 3. The number of piperazine rings is 1. The number of hydrogen-bond acceptors (Lipinski definition) is 3. The maximum absolute atomic E-state index is 12.8. The van der Waals surface area contributed by atoms with Gasteiger partial charge < -0.3 is 10.2 Å². The Morgan fingerprint density at radius 3 is 2.60 bits per heavy atom. The smallest absolute Gasteiger partial charge is 0.340 e. The van der Waals surface area contributed by atoms with E-state index < -0.39 is 11.7 Å². The van der Waals surface area contributed by atoms with Gasteiger partial charge in [0.15, 0.2) is 0 Å². The largest absolute Gasteiger partial charge is 0.416 e. The van der Waals surface area contributed by atoms with E-state index in [9.17, 15) is 18.0 Å². The van der Waals surface area contributed by atoms with Gasteiger partial charge >= 0.3 is 6.18 Å². The van der Waals surface area contributed by atoms with Crippen LogP contribution in [0.2, 0.25) is 0 Å². The van der Waals surface area contributed by atoms with Crippen molar-refractivity contribution in [3.05, 3.63) is 35.4 Å². The third-order valence-corrected chi connectivity index (χ3v) is 4.99. The number of carbonyl (C=O) groups excluding carboxylic acids is 1. The third kappa shape index (κ3) is 4.73. The first-order chi connectivity index (χ1) is 11.9. The molecule has 2 heterocycles. The predicted octanol–water partition coefficient (Wildman–Crippen LogP) is 2.35. The fourth-order valence-electron chi connectivity index (χ4n) is 3.55. The van der Waals surface area contributed by atoms with Crippen LogP contribution in [-0.4, -0.2) is 55.0 Å². The number of nitrogens with one attached hydrogen (secondary N) is 1. The summed E-state index contributed by atoms with van der Waals surface area (Å²) in [4.78, 5) is 16.5. The molecule has 0 spiro atoms. The summed E-state index contributed by atoms with van der Waals surface area (Å²) in [5, 5.41) is 3.26. The highest BCUT2D eigenvalue weighted by Crippen LogP contribution is 2.29. The van der Waals surface area contributed by atoms with Gasteiger partial charge in [0.2, 0.25) is 5.91 Å². The molecule has 2 saturated heterocycles. The van der Waals surface area contributed by atoms with Crippen molar-refractivity contribution in [2.75, 3.05) is 39.3 Å². The quantitative estimate of drug-likeness (QED) is 0.904. The molecule has 2 fully saturated rings. The van der Waals surface area contributed by atoms with Crippen LogP contribution in [0.15, 0.2) is 24.3 Å². The van der Waals surface area contributed by atoms with Crippen molar-refractivity contribution in [1.82, 2.24) is 15.1 Å². The van der Waals surface area contributed by atoms with Crippen LogP contribution < -0.4 is 5.32 Å². The average Bonchev–Trinajstić information content (AvgIpc) is 2.62. The van der Waals surface area contributed by atoms with Crippen molar-refractivity contribution in [2.24, 2.45) is 5.92 Å². The normalized spacial score (nSPS) is 22.8. The standard InChI is InChI=1S/C18H24F3N3O/c19-18(20,21)16-5-1-3-14(11-16)13-23-7-9-24(10-8-23)17(25)15-4-2-6-22-12-15/h1,3,5,11,15,22H,2,4,6-10,12-13H2. The Balaban J connectivity index is 1.52. The lowest BCUT2D eigenvalue weighted by molar-refractivity contribution is -0.138. The van der Waals surface area contributed by atoms with E-state index in [1.807, 2.05) is 4.90 Å². The Bertz CT molecular complexity index is 591. The minimum Gasteiger partial charge on any atom is -0.340 e. The highest BCUT2D eigenvalue weighted by Gasteiger charge is 2.31. The number of piperidine rings is 1. The lowest BCUT2D eigenvalue weighted by Gasteiger charge is -2.37. The van der Waals surface area contributed by atoms with Gasteiger partial charge in [-0.05, 0) is 31.0 Å². The molecule has 4 nitrogen and oxygen atoms in total. The second kappa shape index (κ2) is 7.74. The summed E-state index contributed by atoms with van der Waals surface area (Å²) in [5.74, 6) is 0.287. The van der Waals surface area contributed by atoms with Crippen LogP contribution >= 0.6 is 0 Å². The van der Waals surface area contributed by atoms with Gasteiger partial charge in [0, 0.05) is 39.3 Å². The highest BCUT2D eigenvalue weighted by molar-refractivity contribution is 5.79. The number of benzene rings is 1. The van der Waals surface area contributed by atoms with Crippen molar-refractivity contribution in [3.8, 4) is 0 Å². The predicted molar refractivity (Wildman–Crippen MR) is 88.9 cm³/mol. The first-order valence-electron chi connectivity index (χ1n) is 8.81. The van der Waals surface area contributed by atoms with E-state index in [0.717, 1.165) is 32.0 Å². The number of alkyl halides is 3. The molecule has 0 aromatic heterocycles. The maximum atomic E-state index is 12.8. The molecule has 1 amide bonds. The van der Waals surface area contributed by atoms with E-state index >= 15 is 0 Å². The van der Waals surface area contributed by atoms with Crippen LogP contribution in [0.5, 0.6) is 0 Å². The topological polar surface area (TPSA) is 35.6 Å². The first kappa shape index (κ1) is 18.2. The second-order valence-corrected chi connectivity index (χ2v) is 6.84. The molecule has 2 aliphatic rings. The van der Waals surface area contributed by atoms with Gasteiger partial charge in [-0.15, -0.1) is 0 Å². The second-order valence-electron chi connectivity index (χ2n) is 6.84. The van der Waals surface area contributed by atoms with E-state index in [1.165, 1.54) is 12.1 Å². The molecule has 0 radical (unpaired) electrons. The molecule has 1 aromatic carbocycles. The molecule has 7 heteroatoms.